The largest absolute Gasteiger partial charge is 0.486 e. The molecule has 209 valence electrons. The fourth-order valence-corrected chi connectivity index (χ4v) is 4.76. The molecule has 0 atom stereocenters. The molecule has 0 bridgehead atoms. The number of benzene rings is 3. The first kappa shape index (κ1) is 29.1. The average molecular weight is 724 g/mol. The molecule has 0 aliphatic rings. The summed E-state index contributed by atoms with van der Waals surface area (Å²) in [5.74, 6) is 0. The molecule has 5 heteroatoms. The summed E-state index contributed by atoms with van der Waals surface area (Å²) in [6.45, 7) is 4.09. The summed E-state index contributed by atoms with van der Waals surface area (Å²) in [4.78, 5) is 13.6. The van der Waals surface area contributed by atoms with E-state index in [2.05, 4.69) is 77.6 Å². The third-order valence-electron chi connectivity index (χ3n) is 6.94. The third-order valence-corrected chi connectivity index (χ3v) is 6.94. The van der Waals surface area contributed by atoms with Crippen molar-refractivity contribution in [3.05, 3.63) is 150 Å². The molecule has 0 unspecified atom stereocenters. The van der Waals surface area contributed by atoms with Crippen molar-refractivity contribution in [1.29, 1.82) is 0 Å². The van der Waals surface area contributed by atoms with Crippen LogP contribution in [0.4, 0.5) is 0 Å². The first-order valence-corrected chi connectivity index (χ1v) is 13.7. The summed E-state index contributed by atoms with van der Waals surface area (Å²) < 4.78 is 6.19. The van der Waals surface area contributed by atoms with Crippen molar-refractivity contribution in [2.24, 2.45) is 0 Å². The van der Waals surface area contributed by atoms with E-state index in [9.17, 15) is 0 Å². The SMILES string of the molecule is Cc1ccc(-c2[c-]cccc2)nc1.Cc1ccnc(-c2[c-]ccc3c2oc2nc(CCc4ccccc4)ccc23)c1.[Ir]. The monoisotopic (exact) mass is 724 g/mol. The molecule has 0 saturated heterocycles. The predicted octanol–water partition coefficient (Wildman–Crippen LogP) is 8.79. The second-order valence-corrected chi connectivity index (χ2v) is 10.1. The molecule has 4 nitrogen and oxygen atoms in total. The van der Waals surface area contributed by atoms with Crippen LogP contribution in [0.1, 0.15) is 22.4 Å². The molecule has 1 radical (unpaired) electrons. The van der Waals surface area contributed by atoms with Crippen molar-refractivity contribution >= 4 is 22.1 Å². The molecule has 0 amide bonds. The van der Waals surface area contributed by atoms with Crippen molar-refractivity contribution in [3.8, 4) is 22.5 Å². The summed E-state index contributed by atoms with van der Waals surface area (Å²) in [5.41, 5.74) is 9.93. The molecule has 0 aliphatic carbocycles. The number of aryl methyl sites for hydroxylation is 4. The summed E-state index contributed by atoms with van der Waals surface area (Å²) in [5, 5.41) is 2.08. The fourth-order valence-electron chi connectivity index (χ4n) is 4.76. The summed E-state index contributed by atoms with van der Waals surface area (Å²) in [7, 11) is 0. The van der Waals surface area contributed by atoms with Crippen LogP contribution in [0.15, 0.2) is 120 Å². The van der Waals surface area contributed by atoms with Gasteiger partial charge < -0.3 is 14.4 Å². The Balaban J connectivity index is 0.000000212. The maximum Gasteiger partial charge on any atom is 0.216 e. The molecule has 0 aliphatic heterocycles. The summed E-state index contributed by atoms with van der Waals surface area (Å²) in [6, 6.07) is 41.1. The van der Waals surface area contributed by atoms with Crippen LogP contribution in [-0.2, 0) is 32.9 Å². The fraction of sp³-hybridized carbons (Fsp3) is 0.108. The number of hydrogen-bond donors (Lipinski definition) is 0. The second-order valence-electron chi connectivity index (χ2n) is 10.1. The molecule has 7 rings (SSSR count). The Hall–Kier alpha value is -4.44. The van der Waals surface area contributed by atoms with Gasteiger partial charge in [0.15, 0.2) is 0 Å². The number of pyridine rings is 3. The van der Waals surface area contributed by atoms with Gasteiger partial charge in [0.05, 0.1) is 5.58 Å². The van der Waals surface area contributed by atoms with Crippen LogP contribution in [0.25, 0.3) is 44.6 Å². The van der Waals surface area contributed by atoms with Gasteiger partial charge in [0.2, 0.25) is 5.71 Å². The first-order chi connectivity index (χ1) is 20.1. The maximum atomic E-state index is 6.19. The Bertz CT molecular complexity index is 1900. The Kier molecular flexibility index (Phi) is 9.33. The number of nitrogens with zero attached hydrogens (tertiary/aromatic N) is 3. The van der Waals surface area contributed by atoms with E-state index in [0.29, 0.717) is 5.71 Å². The topological polar surface area (TPSA) is 51.8 Å². The number of hydrogen-bond acceptors (Lipinski definition) is 4. The number of fused-ring (bicyclic) bond motifs is 3. The minimum absolute atomic E-state index is 0. The van der Waals surface area contributed by atoms with E-state index in [1.165, 1.54) is 11.1 Å². The Morgan fingerprint density at radius 1 is 0.690 bits per heavy atom. The van der Waals surface area contributed by atoms with Crippen molar-refractivity contribution in [2.75, 3.05) is 0 Å². The van der Waals surface area contributed by atoms with E-state index in [1.807, 2.05) is 73.9 Å². The molecule has 0 spiro atoms. The van der Waals surface area contributed by atoms with Crippen LogP contribution < -0.4 is 0 Å². The van der Waals surface area contributed by atoms with Gasteiger partial charge in [-0.05, 0) is 67.4 Å². The first-order valence-electron chi connectivity index (χ1n) is 13.7. The van der Waals surface area contributed by atoms with E-state index in [4.69, 9.17) is 9.40 Å². The molecular formula is C37H29IrN3O-2. The van der Waals surface area contributed by atoms with Crippen LogP contribution in [0.2, 0.25) is 0 Å². The molecule has 0 saturated carbocycles. The normalized spacial score (nSPS) is 10.6. The van der Waals surface area contributed by atoms with Gasteiger partial charge in [-0.3, -0.25) is 0 Å². The van der Waals surface area contributed by atoms with E-state index in [-0.39, 0.29) is 20.1 Å². The Morgan fingerprint density at radius 3 is 2.31 bits per heavy atom. The average Bonchev–Trinajstić information content (AvgIpc) is 3.40. The van der Waals surface area contributed by atoms with E-state index in [1.54, 1.807) is 0 Å². The minimum Gasteiger partial charge on any atom is -0.486 e. The van der Waals surface area contributed by atoms with Crippen LogP contribution >= 0.6 is 0 Å². The van der Waals surface area contributed by atoms with E-state index in [0.717, 1.165) is 63.0 Å². The second kappa shape index (κ2) is 13.5. The Morgan fingerprint density at radius 2 is 1.55 bits per heavy atom. The molecule has 0 fully saturated rings. The van der Waals surface area contributed by atoms with Crippen molar-refractivity contribution < 1.29 is 24.5 Å². The molecule has 4 aromatic heterocycles. The number of furan rings is 1. The van der Waals surface area contributed by atoms with Gasteiger partial charge in [0.25, 0.3) is 0 Å². The zero-order valence-corrected chi connectivity index (χ0v) is 25.9. The van der Waals surface area contributed by atoms with Gasteiger partial charge in [-0.25, -0.2) is 4.98 Å². The predicted molar refractivity (Wildman–Crippen MR) is 165 cm³/mol. The van der Waals surface area contributed by atoms with Crippen LogP contribution in [0.5, 0.6) is 0 Å². The van der Waals surface area contributed by atoms with E-state index < -0.39 is 0 Å². The van der Waals surface area contributed by atoms with E-state index >= 15 is 0 Å². The molecule has 3 aromatic carbocycles. The van der Waals surface area contributed by atoms with Crippen LogP contribution in [-0.4, -0.2) is 15.0 Å². The van der Waals surface area contributed by atoms with Gasteiger partial charge in [0.1, 0.15) is 0 Å². The van der Waals surface area contributed by atoms with Crippen LogP contribution in [0.3, 0.4) is 0 Å². The maximum absolute atomic E-state index is 6.19. The van der Waals surface area contributed by atoms with Gasteiger partial charge in [-0.2, -0.15) is 0 Å². The van der Waals surface area contributed by atoms with Crippen LogP contribution in [0, 0.1) is 26.0 Å². The van der Waals surface area contributed by atoms with Gasteiger partial charge in [-0.15, -0.1) is 54.1 Å². The smallest absolute Gasteiger partial charge is 0.216 e. The number of aromatic nitrogens is 3. The zero-order valence-electron chi connectivity index (χ0n) is 23.5. The van der Waals surface area contributed by atoms with Gasteiger partial charge in [-0.1, -0.05) is 65.0 Å². The van der Waals surface area contributed by atoms with Gasteiger partial charge >= 0.3 is 0 Å². The molecule has 7 aromatic rings. The Labute approximate surface area is 259 Å². The summed E-state index contributed by atoms with van der Waals surface area (Å²) in [6.07, 6.45) is 5.54. The van der Waals surface area contributed by atoms with Crippen molar-refractivity contribution in [1.82, 2.24) is 15.0 Å². The zero-order chi connectivity index (χ0) is 28.0. The molecular weight excluding hydrogens is 695 g/mol. The summed E-state index contributed by atoms with van der Waals surface area (Å²) >= 11 is 0. The standard InChI is InChI=1S/C25H19N2O.C12H10N.Ir/c1-17-14-15-26-23(16-17)22-9-5-8-20-21-13-12-19(27-25(21)28-24(20)22)11-10-18-6-3-2-4-7-18;1-10-7-8-12(13-9-10)11-5-3-2-4-6-11;/h2-8,12-16H,10-11H2,1H3;2-5,7-9H,1H3;/q2*-1;. The molecule has 42 heavy (non-hydrogen) atoms. The van der Waals surface area contributed by atoms with Crippen molar-refractivity contribution in [3.63, 3.8) is 0 Å². The number of rotatable bonds is 5. The quantitative estimate of drug-likeness (QED) is 0.167. The van der Waals surface area contributed by atoms with Gasteiger partial charge in [0, 0.05) is 43.6 Å². The minimum atomic E-state index is 0. The third kappa shape index (κ3) is 6.71. The molecule has 4 heterocycles. The van der Waals surface area contributed by atoms with Crippen molar-refractivity contribution in [2.45, 2.75) is 26.7 Å². The molecule has 0 N–H and O–H groups in total.